The van der Waals surface area contributed by atoms with Gasteiger partial charge in [0.25, 0.3) is 0 Å². The van der Waals surface area contributed by atoms with Crippen molar-refractivity contribution >= 4 is 11.6 Å². The molecule has 47 heavy (non-hydrogen) atoms. The molecular formula is C45H83ClN+. The minimum Gasteiger partial charge on any atom is -0.369 e. The monoisotopic (exact) mass is 673 g/mol. The van der Waals surface area contributed by atoms with Gasteiger partial charge in [-0.3, -0.25) is 0 Å². The van der Waals surface area contributed by atoms with Crippen LogP contribution in [-0.2, 0) is 12.3 Å². The summed E-state index contributed by atoms with van der Waals surface area (Å²) in [5.41, 5.74) is 6.72. The van der Waals surface area contributed by atoms with Crippen LogP contribution in [0.15, 0.2) is 12.1 Å². The average Bonchev–Trinajstić information content (AvgIpc) is 3.03. The Balaban J connectivity index is 0.00000768. The molecule has 2 aliphatic rings. The number of alkyl halides is 1. The molecule has 0 radical (unpaired) electrons. The van der Waals surface area contributed by atoms with E-state index in [1.807, 2.05) is 5.56 Å². The molecular weight excluding hydrogens is 590 g/mol. The Morgan fingerprint density at radius 3 is 1.47 bits per heavy atom. The molecule has 2 saturated carbocycles. The minimum absolute atomic E-state index is 0. The fraction of sp³-hybridized carbons (Fsp3) is 0.867. The van der Waals surface area contributed by atoms with E-state index in [0.717, 1.165) is 41.4 Å². The molecule has 2 fully saturated rings. The molecule has 2 heteroatoms. The maximum absolute atomic E-state index is 6.79. The van der Waals surface area contributed by atoms with Crippen LogP contribution in [0.4, 0.5) is 0 Å². The van der Waals surface area contributed by atoms with Gasteiger partial charge in [0.1, 0.15) is 0 Å². The zero-order valence-corrected chi connectivity index (χ0v) is 33.9. The lowest BCUT2D eigenvalue weighted by atomic mass is 9.61. The molecule has 1 nitrogen and oxygen atoms in total. The molecule has 4 N–H and O–H groups in total. The van der Waals surface area contributed by atoms with E-state index in [-0.39, 0.29) is 6.15 Å². The fourth-order valence-corrected chi connectivity index (χ4v) is 10.1. The van der Waals surface area contributed by atoms with Gasteiger partial charge in [0.15, 0.2) is 0 Å². The molecule has 274 valence electrons. The quantitative estimate of drug-likeness (QED) is 0.0940. The maximum Gasteiger partial charge on any atom is 0.0476 e. The molecule has 6 atom stereocenters. The highest BCUT2D eigenvalue weighted by atomic mass is 35.5. The average molecular weight is 674 g/mol. The number of hydrogen-bond acceptors (Lipinski definition) is 0. The van der Waals surface area contributed by atoms with Crippen molar-refractivity contribution in [2.75, 3.05) is 0 Å². The van der Waals surface area contributed by atoms with Gasteiger partial charge < -0.3 is 6.15 Å². The van der Waals surface area contributed by atoms with Gasteiger partial charge in [0, 0.05) is 5.88 Å². The molecule has 0 spiro atoms. The number of unbranched alkanes of at least 4 members (excludes halogenated alkanes) is 15. The van der Waals surface area contributed by atoms with Crippen LogP contribution >= 0.6 is 11.6 Å². The predicted octanol–water partition coefficient (Wildman–Crippen LogP) is 16.0. The van der Waals surface area contributed by atoms with Gasteiger partial charge in [-0.25, -0.2) is 0 Å². The maximum atomic E-state index is 6.79. The Kier molecular flexibility index (Phi) is 21.6. The smallest absolute Gasteiger partial charge is 0.0476 e. The van der Waals surface area contributed by atoms with Crippen molar-refractivity contribution < 1.29 is 0 Å². The van der Waals surface area contributed by atoms with Gasteiger partial charge in [0.05, 0.1) is 0 Å². The second-order valence-corrected chi connectivity index (χ2v) is 17.5. The molecule has 1 aromatic carbocycles. The first kappa shape index (κ1) is 42.6. The molecule has 0 amide bonds. The molecule has 0 saturated heterocycles. The summed E-state index contributed by atoms with van der Waals surface area (Å²) in [6.07, 6.45) is 32.6. The number of quaternary nitrogens is 1. The van der Waals surface area contributed by atoms with Crippen LogP contribution in [0, 0.1) is 35.5 Å². The van der Waals surface area contributed by atoms with Gasteiger partial charge in [-0.05, 0) is 108 Å². The molecule has 3 rings (SSSR count). The van der Waals surface area contributed by atoms with Crippen molar-refractivity contribution in [1.82, 2.24) is 6.15 Å². The van der Waals surface area contributed by atoms with E-state index in [0.29, 0.717) is 11.8 Å². The van der Waals surface area contributed by atoms with E-state index in [1.54, 1.807) is 11.1 Å². The predicted molar refractivity (Wildman–Crippen MR) is 213 cm³/mol. The summed E-state index contributed by atoms with van der Waals surface area (Å²) >= 11 is 6.79. The summed E-state index contributed by atoms with van der Waals surface area (Å²) in [5, 5.41) is 0. The van der Waals surface area contributed by atoms with Gasteiger partial charge >= 0.3 is 0 Å². The normalized spacial score (nSPS) is 25.0. The van der Waals surface area contributed by atoms with E-state index in [1.165, 1.54) is 153 Å². The first-order valence-corrected chi connectivity index (χ1v) is 21.5. The number of halogens is 1. The van der Waals surface area contributed by atoms with Crippen LogP contribution in [0.1, 0.15) is 224 Å². The van der Waals surface area contributed by atoms with E-state index >= 15 is 0 Å². The van der Waals surface area contributed by atoms with E-state index < -0.39 is 0 Å². The Bertz CT molecular complexity index is 936. The van der Waals surface area contributed by atoms with E-state index in [9.17, 15) is 0 Å². The summed E-state index contributed by atoms with van der Waals surface area (Å²) < 4.78 is 0. The number of benzene rings is 1. The van der Waals surface area contributed by atoms with Crippen LogP contribution < -0.4 is 6.15 Å². The first-order valence-electron chi connectivity index (χ1n) is 21.0. The Morgan fingerprint density at radius 1 is 0.596 bits per heavy atom. The van der Waals surface area contributed by atoms with Crippen molar-refractivity contribution in [1.29, 1.82) is 0 Å². The Hall–Kier alpha value is -0.530. The van der Waals surface area contributed by atoms with Crippen LogP contribution in [0.2, 0.25) is 0 Å². The lowest BCUT2D eigenvalue weighted by Gasteiger charge is -2.44. The third-order valence-corrected chi connectivity index (χ3v) is 13.0. The van der Waals surface area contributed by atoms with Crippen LogP contribution in [0.25, 0.3) is 0 Å². The summed E-state index contributed by atoms with van der Waals surface area (Å²) in [4.78, 5) is 0. The van der Waals surface area contributed by atoms with Gasteiger partial charge in [-0.1, -0.05) is 170 Å². The lowest BCUT2D eigenvalue weighted by Crippen LogP contribution is -2.31. The number of hydrogen-bond donors (Lipinski definition) is 1. The highest BCUT2D eigenvalue weighted by molar-refractivity contribution is 6.17. The Labute approximate surface area is 300 Å². The van der Waals surface area contributed by atoms with E-state index in [4.69, 9.17) is 11.6 Å². The SMILES string of the molecule is CCCCCCCCCCCCCCCCCCc1c(CCl)ccc(C2CC(C)CCC2C(C)C)c1C1CC(C)CCC1C(C)C.[NH4+]. The summed E-state index contributed by atoms with van der Waals surface area (Å²) in [6, 6.07) is 5.07. The molecule has 6 unspecified atom stereocenters. The van der Waals surface area contributed by atoms with Crippen LogP contribution in [-0.4, -0.2) is 0 Å². The van der Waals surface area contributed by atoms with Gasteiger partial charge in [-0.15, -0.1) is 11.6 Å². The molecule has 0 heterocycles. The first-order chi connectivity index (χ1) is 22.3. The minimum atomic E-state index is 0. The van der Waals surface area contributed by atoms with Crippen LogP contribution in [0.3, 0.4) is 0 Å². The van der Waals surface area contributed by atoms with Crippen molar-refractivity contribution in [3.05, 3.63) is 34.4 Å². The molecule has 0 bridgehead atoms. The molecule has 0 aliphatic heterocycles. The third kappa shape index (κ3) is 14.0. The fourth-order valence-electron chi connectivity index (χ4n) is 9.85. The molecule has 0 aromatic heterocycles. The largest absolute Gasteiger partial charge is 0.369 e. The van der Waals surface area contributed by atoms with Crippen molar-refractivity contribution in [2.45, 2.75) is 214 Å². The lowest BCUT2D eigenvalue weighted by molar-refractivity contribution is 0.182. The molecule has 2 aliphatic carbocycles. The topological polar surface area (TPSA) is 36.5 Å². The number of rotatable bonds is 22. The zero-order valence-electron chi connectivity index (χ0n) is 33.1. The van der Waals surface area contributed by atoms with Crippen molar-refractivity contribution in [2.24, 2.45) is 35.5 Å². The summed E-state index contributed by atoms with van der Waals surface area (Å²) in [6.45, 7) is 17.4. The van der Waals surface area contributed by atoms with Gasteiger partial charge in [-0.2, -0.15) is 0 Å². The van der Waals surface area contributed by atoms with Crippen molar-refractivity contribution in [3.8, 4) is 0 Å². The van der Waals surface area contributed by atoms with Gasteiger partial charge in [0.2, 0.25) is 0 Å². The Morgan fingerprint density at radius 2 is 1.02 bits per heavy atom. The highest BCUT2D eigenvalue weighted by Gasteiger charge is 2.39. The summed E-state index contributed by atoms with van der Waals surface area (Å²) in [7, 11) is 0. The van der Waals surface area contributed by atoms with Crippen molar-refractivity contribution in [3.63, 3.8) is 0 Å². The second-order valence-electron chi connectivity index (χ2n) is 17.3. The van der Waals surface area contributed by atoms with E-state index in [2.05, 4.69) is 60.6 Å². The zero-order chi connectivity index (χ0) is 33.3. The standard InChI is InChI=1S/C45H79Cl.H3N/c1-8-9-10-11-12-13-14-15-16-17-18-19-20-21-22-23-24-41-38(33-46)27-30-42(43-31-36(6)25-28-39(43)34(2)3)45(41)44-32-37(7)26-29-40(44)35(4)5;/h27,30,34-37,39-40,43-44H,8-26,28-29,31-33H2,1-7H3;1H3/p+1. The second kappa shape index (κ2) is 23.8. The molecule has 1 aromatic rings. The highest BCUT2D eigenvalue weighted by Crippen LogP contribution is 2.52. The van der Waals surface area contributed by atoms with Crippen LogP contribution in [0.5, 0.6) is 0 Å². The third-order valence-electron chi connectivity index (χ3n) is 12.7. The summed E-state index contributed by atoms with van der Waals surface area (Å²) in [5.74, 6) is 6.92.